The Morgan fingerprint density at radius 2 is 1.85 bits per heavy atom. The number of hydrogen-bond acceptors (Lipinski definition) is 6. The van der Waals surface area contributed by atoms with E-state index in [-0.39, 0.29) is 28.9 Å². The maximum absolute atomic E-state index is 13.2. The van der Waals surface area contributed by atoms with Crippen molar-refractivity contribution in [3.63, 3.8) is 0 Å². The number of carbonyl (C=O) groups is 1. The Balaban J connectivity index is 1.59. The predicted octanol–water partition coefficient (Wildman–Crippen LogP) is 2.91. The van der Waals surface area contributed by atoms with Crippen molar-refractivity contribution >= 4 is 32.7 Å². The van der Waals surface area contributed by atoms with Crippen LogP contribution in [0.15, 0.2) is 56.6 Å². The number of ether oxygens (including phenoxy) is 1. The molecule has 1 aromatic heterocycles. The molecule has 2 atom stereocenters. The van der Waals surface area contributed by atoms with Gasteiger partial charge < -0.3 is 14.5 Å². The third-order valence-electron chi connectivity index (χ3n) is 5.80. The van der Waals surface area contributed by atoms with E-state index in [1.165, 1.54) is 34.2 Å². The lowest BCUT2D eigenvalue weighted by Crippen LogP contribution is -2.42. The molecule has 1 saturated heterocycles. The maximum atomic E-state index is 13.2. The van der Waals surface area contributed by atoms with Gasteiger partial charge in [0.1, 0.15) is 12.3 Å². The molecule has 33 heavy (non-hydrogen) atoms. The van der Waals surface area contributed by atoms with E-state index in [1.807, 2.05) is 13.8 Å². The number of oxazole rings is 1. The van der Waals surface area contributed by atoms with Gasteiger partial charge in [-0.05, 0) is 42.5 Å². The highest BCUT2D eigenvalue weighted by molar-refractivity contribution is 7.89. The zero-order valence-electron chi connectivity index (χ0n) is 18.8. The second-order valence-corrected chi connectivity index (χ2v) is 10.5. The van der Waals surface area contributed by atoms with Crippen molar-refractivity contribution in [1.29, 1.82) is 0 Å². The van der Waals surface area contributed by atoms with E-state index in [0.717, 1.165) is 6.42 Å². The Bertz CT molecular complexity index is 1330. The minimum Gasteiger partial charge on any atom is -0.495 e. The van der Waals surface area contributed by atoms with Crippen molar-refractivity contribution in [2.45, 2.75) is 31.7 Å². The first-order valence-electron chi connectivity index (χ1n) is 10.8. The van der Waals surface area contributed by atoms with Gasteiger partial charge in [0.05, 0.1) is 23.2 Å². The topological polar surface area (TPSA) is 111 Å². The van der Waals surface area contributed by atoms with E-state index in [1.54, 1.807) is 24.3 Å². The Morgan fingerprint density at radius 3 is 2.55 bits per heavy atom. The second kappa shape index (κ2) is 9.03. The first kappa shape index (κ1) is 23.1. The Morgan fingerprint density at radius 1 is 1.15 bits per heavy atom. The molecule has 10 heteroatoms. The lowest BCUT2D eigenvalue weighted by molar-refractivity contribution is -0.116. The van der Waals surface area contributed by atoms with Gasteiger partial charge in [-0.15, -0.1) is 0 Å². The van der Waals surface area contributed by atoms with E-state index in [0.29, 0.717) is 30.0 Å². The van der Waals surface area contributed by atoms with Gasteiger partial charge >= 0.3 is 5.76 Å². The quantitative estimate of drug-likeness (QED) is 0.589. The molecule has 1 amide bonds. The van der Waals surface area contributed by atoms with Crippen molar-refractivity contribution in [1.82, 2.24) is 8.87 Å². The summed E-state index contributed by atoms with van der Waals surface area (Å²) in [6.07, 6.45) is 0.986. The van der Waals surface area contributed by atoms with Gasteiger partial charge in [-0.3, -0.25) is 9.36 Å². The summed E-state index contributed by atoms with van der Waals surface area (Å²) in [6, 6.07) is 11.2. The number of fused-ring (bicyclic) bond motifs is 1. The lowest BCUT2D eigenvalue weighted by Gasteiger charge is -2.34. The van der Waals surface area contributed by atoms with Crippen LogP contribution in [0.4, 0.5) is 5.69 Å². The zero-order chi connectivity index (χ0) is 23.8. The molecule has 0 spiro atoms. The maximum Gasteiger partial charge on any atom is 0.420 e. The molecule has 9 nitrogen and oxygen atoms in total. The molecule has 0 aliphatic carbocycles. The largest absolute Gasteiger partial charge is 0.495 e. The number of aromatic nitrogens is 1. The summed E-state index contributed by atoms with van der Waals surface area (Å²) in [4.78, 5) is 25.1. The van der Waals surface area contributed by atoms with Gasteiger partial charge in [-0.2, -0.15) is 4.31 Å². The van der Waals surface area contributed by atoms with Crippen LogP contribution in [0.25, 0.3) is 11.1 Å². The lowest BCUT2D eigenvalue weighted by atomic mass is 9.94. The number of amides is 1. The molecule has 0 radical (unpaired) electrons. The number of hydrogen-bond donors (Lipinski definition) is 1. The van der Waals surface area contributed by atoms with Crippen LogP contribution >= 0.6 is 0 Å². The Kier molecular flexibility index (Phi) is 6.31. The molecule has 1 N–H and O–H groups in total. The number of carbonyl (C=O) groups excluding carboxylic acids is 1. The van der Waals surface area contributed by atoms with Crippen molar-refractivity contribution in [2.75, 3.05) is 25.5 Å². The molecule has 176 valence electrons. The molecular weight excluding hydrogens is 446 g/mol. The van der Waals surface area contributed by atoms with Crippen molar-refractivity contribution in [3.8, 4) is 5.75 Å². The van der Waals surface area contributed by atoms with Gasteiger partial charge in [0, 0.05) is 19.2 Å². The minimum atomic E-state index is -3.73. The molecule has 2 aromatic carbocycles. The van der Waals surface area contributed by atoms with Gasteiger partial charge in [0.15, 0.2) is 5.58 Å². The Labute approximate surface area is 192 Å². The number of piperidine rings is 1. The van der Waals surface area contributed by atoms with E-state index in [4.69, 9.17) is 9.15 Å². The van der Waals surface area contributed by atoms with E-state index in [2.05, 4.69) is 5.32 Å². The highest BCUT2D eigenvalue weighted by Gasteiger charge is 2.32. The molecule has 3 aromatic rings. The van der Waals surface area contributed by atoms with Crippen molar-refractivity contribution in [2.24, 2.45) is 11.8 Å². The van der Waals surface area contributed by atoms with Crippen LogP contribution in [0.3, 0.4) is 0 Å². The van der Waals surface area contributed by atoms with Crippen LogP contribution in [-0.4, -0.2) is 43.4 Å². The van der Waals surface area contributed by atoms with Crippen LogP contribution in [0.5, 0.6) is 5.75 Å². The molecular formula is C23H27N3O6S. The molecule has 1 aliphatic rings. The SMILES string of the molecule is COc1ccccc1NC(=O)Cn1c(=O)oc2cc(S(=O)(=O)N3C[C@@H](C)C[C@H](C)C3)ccc21. The minimum absolute atomic E-state index is 0.0654. The predicted molar refractivity (Wildman–Crippen MR) is 124 cm³/mol. The van der Waals surface area contributed by atoms with E-state index in [9.17, 15) is 18.0 Å². The number of rotatable bonds is 6. The molecule has 0 unspecified atom stereocenters. The summed E-state index contributed by atoms with van der Waals surface area (Å²) in [6.45, 7) is 4.70. The number of anilines is 1. The first-order chi connectivity index (χ1) is 15.7. The van der Waals surface area contributed by atoms with Gasteiger partial charge in [-0.1, -0.05) is 26.0 Å². The van der Waals surface area contributed by atoms with Crippen LogP contribution in [0, 0.1) is 11.8 Å². The summed E-state index contributed by atoms with van der Waals surface area (Å²) in [5.74, 6) is -0.153. The average Bonchev–Trinajstić information content (AvgIpc) is 3.07. The molecule has 0 saturated carbocycles. The molecule has 1 fully saturated rings. The van der Waals surface area contributed by atoms with Gasteiger partial charge in [0.2, 0.25) is 15.9 Å². The third kappa shape index (κ3) is 4.67. The monoisotopic (exact) mass is 473 g/mol. The van der Waals surface area contributed by atoms with Crippen LogP contribution in [0.2, 0.25) is 0 Å². The highest BCUT2D eigenvalue weighted by Crippen LogP contribution is 2.28. The fraction of sp³-hybridized carbons (Fsp3) is 0.391. The average molecular weight is 474 g/mol. The van der Waals surface area contributed by atoms with Gasteiger partial charge in [-0.25, -0.2) is 13.2 Å². The molecule has 2 heterocycles. The Hall–Kier alpha value is -3.11. The third-order valence-corrected chi connectivity index (χ3v) is 7.62. The summed E-state index contributed by atoms with van der Waals surface area (Å²) in [7, 11) is -2.23. The number of para-hydroxylation sites is 2. The number of methoxy groups -OCH3 is 1. The van der Waals surface area contributed by atoms with E-state index < -0.39 is 21.7 Å². The summed E-state index contributed by atoms with van der Waals surface area (Å²) >= 11 is 0. The first-order valence-corrected chi connectivity index (χ1v) is 12.2. The molecule has 1 aliphatic heterocycles. The van der Waals surface area contributed by atoms with Crippen molar-refractivity contribution in [3.05, 3.63) is 53.0 Å². The number of benzene rings is 2. The van der Waals surface area contributed by atoms with Crippen LogP contribution in [-0.2, 0) is 21.4 Å². The van der Waals surface area contributed by atoms with Crippen molar-refractivity contribution < 1.29 is 22.4 Å². The van der Waals surface area contributed by atoms with Gasteiger partial charge in [0.25, 0.3) is 0 Å². The molecule has 0 bridgehead atoms. The summed E-state index contributed by atoms with van der Waals surface area (Å²) < 4.78 is 39.5. The standard InChI is InChI=1S/C23H27N3O6S/c1-15-10-16(2)13-25(12-15)33(29,30)17-8-9-19-21(11-17)32-23(28)26(19)14-22(27)24-18-6-4-5-7-20(18)31-3/h4-9,11,15-16H,10,12-14H2,1-3H3,(H,24,27)/t15-,16-/m0/s1. The zero-order valence-corrected chi connectivity index (χ0v) is 19.6. The number of nitrogens with zero attached hydrogens (tertiary/aromatic N) is 2. The van der Waals surface area contributed by atoms with E-state index >= 15 is 0 Å². The number of nitrogens with one attached hydrogen (secondary N) is 1. The smallest absolute Gasteiger partial charge is 0.420 e. The normalized spacial score (nSPS) is 19.5. The highest BCUT2D eigenvalue weighted by atomic mass is 32.2. The second-order valence-electron chi connectivity index (χ2n) is 8.60. The fourth-order valence-corrected chi connectivity index (χ4v) is 6.08. The number of sulfonamides is 1. The molecule has 4 rings (SSSR count). The van der Waals surface area contributed by atoms with Crippen LogP contribution < -0.4 is 15.8 Å². The summed E-state index contributed by atoms with van der Waals surface area (Å²) in [5, 5.41) is 2.71. The van der Waals surface area contributed by atoms with Crippen LogP contribution in [0.1, 0.15) is 20.3 Å². The summed E-state index contributed by atoms with van der Waals surface area (Å²) in [5.41, 5.74) is 0.933. The fourth-order valence-electron chi connectivity index (χ4n) is 4.39.